The number of fused-ring (bicyclic) bond motifs is 2. The molecular formula is C44H36BrKN2O6. The molecule has 0 amide bonds. The zero-order valence-electron chi connectivity index (χ0n) is 30.9. The van der Waals surface area contributed by atoms with Gasteiger partial charge in [-0.25, -0.2) is 9.59 Å². The van der Waals surface area contributed by atoms with Crippen LogP contribution in [-0.2, 0) is 9.47 Å². The largest absolute Gasteiger partial charge is 1.00 e. The quantitative estimate of drug-likeness (QED) is 0.136. The number of rotatable bonds is 6. The van der Waals surface area contributed by atoms with Crippen LogP contribution in [0.3, 0.4) is 0 Å². The maximum absolute atomic E-state index is 12.0. The van der Waals surface area contributed by atoms with Crippen LogP contribution < -0.4 is 56.1 Å². The molecule has 0 aliphatic rings. The molecule has 8 rings (SSSR count). The summed E-state index contributed by atoms with van der Waals surface area (Å²) in [6.45, 7) is 0. The van der Waals surface area contributed by atoms with Gasteiger partial charge in [-0.2, -0.15) is 0 Å². The SMILES string of the molecule is Brc1cn(-c2ccccc2)c2ccccc12.COC(=O)c1ccccc1O.COC(=O)c1ccccc1Oc1cn(-c2ccccc2)c2ccccc12.[H-].[K+]. The third-order valence-electron chi connectivity index (χ3n) is 8.23. The van der Waals surface area contributed by atoms with Crippen LogP contribution in [0, 0.1) is 0 Å². The molecule has 0 atom stereocenters. The van der Waals surface area contributed by atoms with E-state index >= 15 is 0 Å². The summed E-state index contributed by atoms with van der Waals surface area (Å²) in [5, 5.41) is 11.3. The number of esters is 2. The Bertz CT molecular complexity index is 2490. The maximum Gasteiger partial charge on any atom is 1.00 e. The van der Waals surface area contributed by atoms with Crippen molar-refractivity contribution >= 4 is 49.7 Å². The standard InChI is InChI=1S/C22H17NO3.C14H10BrN.C8H8O3.K.H/c1-25-22(24)18-12-6-8-14-20(18)26-21-15-23(16-9-3-2-4-10-16)19-13-7-5-11-17(19)21;15-13-10-16(11-6-2-1-3-7-11)14-9-5-4-8-12(13)14;1-11-8(10)6-4-2-3-5-7(6)9;;/h2-15H,1H3;1-10H;2-5,9H,1H3;;/q;;;+1;-1. The number of hydrogen-bond donors (Lipinski definition) is 1. The van der Waals surface area contributed by atoms with Crippen molar-refractivity contribution in [3.8, 4) is 28.6 Å². The number of para-hydroxylation sites is 6. The van der Waals surface area contributed by atoms with E-state index in [-0.39, 0.29) is 64.1 Å². The fraction of sp³-hybridized carbons (Fsp3) is 0.0455. The number of hydrogen-bond acceptors (Lipinski definition) is 6. The van der Waals surface area contributed by atoms with Crippen molar-refractivity contribution in [2.24, 2.45) is 0 Å². The second-order valence-electron chi connectivity index (χ2n) is 11.5. The van der Waals surface area contributed by atoms with Gasteiger partial charge in [0, 0.05) is 32.8 Å². The van der Waals surface area contributed by atoms with Crippen LogP contribution in [-0.4, -0.2) is 40.4 Å². The molecule has 8 nitrogen and oxygen atoms in total. The average Bonchev–Trinajstić information content (AvgIpc) is 3.76. The molecule has 8 aromatic rings. The summed E-state index contributed by atoms with van der Waals surface area (Å²) in [5.41, 5.74) is 5.07. The molecule has 0 spiro atoms. The first-order chi connectivity index (χ1) is 25.9. The third-order valence-corrected chi connectivity index (χ3v) is 8.86. The first-order valence-electron chi connectivity index (χ1n) is 16.6. The van der Waals surface area contributed by atoms with Crippen LogP contribution in [0.15, 0.2) is 175 Å². The van der Waals surface area contributed by atoms with Gasteiger partial charge in [-0.15, -0.1) is 0 Å². The number of methoxy groups -OCH3 is 2. The fourth-order valence-corrected chi connectivity index (χ4v) is 6.22. The summed E-state index contributed by atoms with van der Waals surface area (Å²) < 4.78 is 20.8. The normalized spacial score (nSPS) is 10.2. The van der Waals surface area contributed by atoms with Crippen molar-refractivity contribution in [3.05, 3.63) is 186 Å². The number of nitrogens with zero attached hydrogens (tertiary/aromatic N) is 2. The molecule has 0 aliphatic carbocycles. The van der Waals surface area contributed by atoms with Crippen LogP contribution in [0.1, 0.15) is 22.1 Å². The summed E-state index contributed by atoms with van der Waals surface area (Å²) in [4.78, 5) is 22.9. The summed E-state index contributed by atoms with van der Waals surface area (Å²) in [6.07, 6.45) is 4.05. The average molecular weight is 808 g/mol. The predicted molar refractivity (Wildman–Crippen MR) is 213 cm³/mol. The molecule has 0 bridgehead atoms. The van der Waals surface area contributed by atoms with E-state index < -0.39 is 11.9 Å². The van der Waals surface area contributed by atoms with Gasteiger partial charge in [0.2, 0.25) is 0 Å². The molecule has 266 valence electrons. The smallest absolute Gasteiger partial charge is 1.00 e. The van der Waals surface area contributed by atoms with Gasteiger partial charge >= 0.3 is 63.3 Å². The number of aromatic nitrogens is 2. The number of carbonyl (C=O) groups excluding carboxylic acids is 2. The van der Waals surface area contributed by atoms with Gasteiger partial charge in [-0.1, -0.05) is 91.0 Å². The second kappa shape index (κ2) is 19.4. The molecule has 6 aromatic carbocycles. The van der Waals surface area contributed by atoms with Crippen LogP contribution in [0.5, 0.6) is 17.2 Å². The number of phenolic OH excluding ortho intramolecular Hbond substituents is 1. The molecule has 0 saturated carbocycles. The minimum atomic E-state index is -0.525. The Morgan fingerprint density at radius 2 is 0.981 bits per heavy atom. The fourth-order valence-electron chi connectivity index (χ4n) is 5.68. The minimum absolute atomic E-state index is 0. The predicted octanol–water partition coefficient (Wildman–Crippen LogP) is 7.90. The van der Waals surface area contributed by atoms with Gasteiger partial charge in [0.05, 0.1) is 31.4 Å². The van der Waals surface area contributed by atoms with E-state index in [9.17, 15) is 9.59 Å². The second-order valence-corrected chi connectivity index (χ2v) is 12.4. The topological polar surface area (TPSA) is 91.9 Å². The first-order valence-corrected chi connectivity index (χ1v) is 17.4. The van der Waals surface area contributed by atoms with E-state index in [2.05, 4.69) is 84.5 Å². The number of phenols is 1. The number of benzene rings is 6. The van der Waals surface area contributed by atoms with Crippen LogP contribution in [0.4, 0.5) is 0 Å². The molecule has 0 saturated heterocycles. The van der Waals surface area contributed by atoms with Gasteiger partial charge < -0.3 is 29.9 Å². The molecule has 0 aliphatic heterocycles. The number of aromatic hydroxyl groups is 1. The van der Waals surface area contributed by atoms with Gasteiger partial charge in [-0.05, 0) is 82.7 Å². The Hall–Kier alpha value is -4.94. The Labute approximate surface area is 365 Å². The van der Waals surface area contributed by atoms with Crippen molar-refractivity contribution in [3.63, 3.8) is 0 Å². The zero-order chi connectivity index (χ0) is 37.2. The van der Waals surface area contributed by atoms with Gasteiger partial charge in [0.1, 0.15) is 22.6 Å². The molecule has 0 fully saturated rings. The Balaban J connectivity index is 0.000000199. The van der Waals surface area contributed by atoms with E-state index in [0.717, 1.165) is 21.1 Å². The van der Waals surface area contributed by atoms with Gasteiger partial charge in [-0.3, -0.25) is 0 Å². The molecule has 0 unspecified atom stereocenters. The summed E-state index contributed by atoms with van der Waals surface area (Å²) in [6, 6.07) is 50.1. The van der Waals surface area contributed by atoms with E-state index in [0.29, 0.717) is 17.1 Å². The molecule has 1 N–H and O–H groups in total. The van der Waals surface area contributed by atoms with Crippen molar-refractivity contribution in [2.45, 2.75) is 0 Å². The third kappa shape index (κ3) is 9.40. The van der Waals surface area contributed by atoms with E-state index in [1.165, 1.54) is 42.9 Å². The molecule has 2 aromatic heterocycles. The number of halogens is 1. The van der Waals surface area contributed by atoms with Crippen molar-refractivity contribution in [1.29, 1.82) is 0 Å². The van der Waals surface area contributed by atoms with Crippen molar-refractivity contribution in [2.75, 3.05) is 14.2 Å². The Morgan fingerprint density at radius 1 is 0.537 bits per heavy atom. The van der Waals surface area contributed by atoms with E-state index in [1.54, 1.807) is 30.3 Å². The summed E-state index contributed by atoms with van der Waals surface area (Å²) in [5.74, 6) is 0.144. The van der Waals surface area contributed by atoms with Crippen LogP contribution in [0.25, 0.3) is 33.2 Å². The van der Waals surface area contributed by atoms with Crippen LogP contribution in [0.2, 0.25) is 0 Å². The number of ether oxygens (including phenoxy) is 3. The van der Waals surface area contributed by atoms with E-state index in [1.807, 2.05) is 72.9 Å². The molecule has 0 radical (unpaired) electrons. The van der Waals surface area contributed by atoms with Gasteiger partial charge in [0.25, 0.3) is 0 Å². The molecule has 54 heavy (non-hydrogen) atoms. The Kier molecular flexibility index (Phi) is 14.5. The minimum Gasteiger partial charge on any atom is -1.00 e. The van der Waals surface area contributed by atoms with E-state index in [4.69, 9.17) is 14.6 Å². The maximum atomic E-state index is 12.0. The van der Waals surface area contributed by atoms with Gasteiger partial charge in [0.15, 0.2) is 5.75 Å². The molecular weight excluding hydrogens is 771 g/mol. The van der Waals surface area contributed by atoms with Crippen molar-refractivity contribution in [1.82, 2.24) is 9.13 Å². The monoisotopic (exact) mass is 806 g/mol. The van der Waals surface area contributed by atoms with Crippen molar-refractivity contribution < 1.29 is 81.7 Å². The zero-order valence-corrected chi connectivity index (χ0v) is 34.6. The Morgan fingerprint density at radius 3 is 1.57 bits per heavy atom. The summed E-state index contributed by atoms with van der Waals surface area (Å²) in [7, 11) is 2.63. The summed E-state index contributed by atoms with van der Waals surface area (Å²) >= 11 is 3.59. The van der Waals surface area contributed by atoms with Crippen LogP contribution >= 0.6 is 15.9 Å². The molecule has 2 heterocycles. The molecule has 10 heteroatoms. The first kappa shape index (κ1) is 40.2. The number of carbonyl (C=O) groups is 2.